The first-order chi connectivity index (χ1) is 9.25. The topological polar surface area (TPSA) is 32.7 Å². The third-order valence-corrected chi connectivity index (χ3v) is 3.48. The van der Waals surface area contributed by atoms with Gasteiger partial charge in [-0.3, -0.25) is 9.79 Å². The molecule has 0 aromatic heterocycles. The van der Waals surface area contributed by atoms with E-state index in [0.717, 1.165) is 35.4 Å². The SMILES string of the molecule is CN1CC(c2ccccc2)=NC2=C(C=CCC2)C1=O. The summed E-state index contributed by atoms with van der Waals surface area (Å²) < 4.78 is 0. The van der Waals surface area contributed by atoms with Gasteiger partial charge in [0, 0.05) is 7.05 Å². The molecular weight excluding hydrogens is 236 g/mol. The van der Waals surface area contributed by atoms with Crippen molar-refractivity contribution in [2.45, 2.75) is 12.8 Å². The van der Waals surface area contributed by atoms with Gasteiger partial charge in [-0.1, -0.05) is 42.5 Å². The van der Waals surface area contributed by atoms with E-state index in [-0.39, 0.29) is 5.91 Å². The van der Waals surface area contributed by atoms with Crippen LogP contribution in [0.4, 0.5) is 0 Å². The minimum absolute atomic E-state index is 0.0700. The van der Waals surface area contributed by atoms with E-state index in [9.17, 15) is 4.79 Å². The highest BCUT2D eigenvalue weighted by atomic mass is 16.2. The van der Waals surface area contributed by atoms with E-state index in [1.54, 1.807) is 4.90 Å². The molecule has 1 amide bonds. The van der Waals surface area contributed by atoms with Crippen LogP contribution in [0.3, 0.4) is 0 Å². The smallest absolute Gasteiger partial charge is 0.255 e. The molecule has 19 heavy (non-hydrogen) atoms. The third kappa shape index (κ3) is 2.24. The van der Waals surface area contributed by atoms with Gasteiger partial charge < -0.3 is 4.90 Å². The van der Waals surface area contributed by atoms with Crippen molar-refractivity contribution >= 4 is 11.6 Å². The molecule has 0 saturated carbocycles. The summed E-state index contributed by atoms with van der Waals surface area (Å²) in [6.07, 6.45) is 5.77. The van der Waals surface area contributed by atoms with Crippen LogP contribution in [0, 0.1) is 0 Å². The molecule has 3 nitrogen and oxygen atoms in total. The van der Waals surface area contributed by atoms with Crippen molar-refractivity contribution in [3.63, 3.8) is 0 Å². The van der Waals surface area contributed by atoms with Crippen molar-refractivity contribution in [1.29, 1.82) is 0 Å². The molecule has 0 spiro atoms. The molecule has 1 aliphatic heterocycles. The van der Waals surface area contributed by atoms with Gasteiger partial charge in [-0.25, -0.2) is 0 Å². The highest BCUT2D eigenvalue weighted by molar-refractivity contribution is 6.08. The summed E-state index contributed by atoms with van der Waals surface area (Å²) in [6, 6.07) is 10.1. The zero-order chi connectivity index (χ0) is 13.2. The van der Waals surface area contributed by atoms with Crippen LogP contribution in [-0.2, 0) is 4.79 Å². The highest BCUT2D eigenvalue weighted by Gasteiger charge is 2.24. The standard InChI is InChI=1S/C16H16N2O/c1-18-11-15(12-7-3-2-4-8-12)17-14-10-6-5-9-13(14)16(18)19/h2-5,7-9H,6,10-11H2,1H3. The van der Waals surface area contributed by atoms with Gasteiger partial charge in [0.1, 0.15) is 0 Å². The third-order valence-electron chi connectivity index (χ3n) is 3.48. The largest absolute Gasteiger partial charge is 0.336 e. The number of carbonyl (C=O) groups is 1. The van der Waals surface area contributed by atoms with Crippen LogP contribution < -0.4 is 0 Å². The lowest BCUT2D eigenvalue weighted by Crippen LogP contribution is -2.31. The molecule has 0 unspecified atom stereocenters. The molecule has 0 N–H and O–H groups in total. The van der Waals surface area contributed by atoms with Crippen molar-refractivity contribution in [3.8, 4) is 0 Å². The highest BCUT2D eigenvalue weighted by Crippen LogP contribution is 2.25. The second-order valence-electron chi connectivity index (χ2n) is 4.89. The lowest BCUT2D eigenvalue weighted by atomic mass is 10.0. The number of carbonyl (C=O) groups excluding carboxylic acids is 1. The van der Waals surface area contributed by atoms with Crippen molar-refractivity contribution in [2.24, 2.45) is 4.99 Å². The van der Waals surface area contributed by atoms with Gasteiger partial charge >= 0.3 is 0 Å². The summed E-state index contributed by atoms with van der Waals surface area (Å²) >= 11 is 0. The summed E-state index contributed by atoms with van der Waals surface area (Å²) in [7, 11) is 1.83. The van der Waals surface area contributed by atoms with Gasteiger partial charge in [-0.2, -0.15) is 0 Å². The summed E-state index contributed by atoms with van der Waals surface area (Å²) in [5, 5.41) is 0. The number of amides is 1. The van der Waals surface area contributed by atoms with E-state index in [1.807, 2.05) is 49.5 Å². The Morgan fingerprint density at radius 3 is 2.79 bits per heavy atom. The lowest BCUT2D eigenvalue weighted by Gasteiger charge is -2.16. The molecule has 0 saturated heterocycles. The molecule has 3 rings (SSSR count). The quantitative estimate of drug-likeness (QED) is 0.756. The van der Waals surface area contributed by atoms with Crippen molar-refractivity contribution in [3.05, 3.63) is 59.3 Å². The average Bonchev–Trinajstić information content (AvgIpc) is 2.58. The average molecular weight is 252 g/mol. The van der Waals surface area contributed by atoms with E-state index in [2.05, 4.69) is 0 Å². The number of likely N-dealkylation sites (N-methyl/N-ethyl adjacent to an activating group) is 1. The Morgan fingerprint density at radius 1 is 1.21 bits per heavy atom. The molecule has 0 atom stereocenters. The molecule has 1 aromatic carbocycles. The summed E-state index contributed by atoms with van der Waals surface area (Å²) in [6.45, 7) is 0.559. The van der Waals surface area contributed by atoms with Crippen LogP contribution in [-0.4, -0.2) is 30.1 Å². The fourth-order valence-corrected chi connectivity index (χ4v) is 2.45. The van der Waals surface area contributed by atoms with Crippen molar-refractivity contribution in [1.82, 2.24) is 4.90 Å². The van der Waals surface area contributed by atoms with Crippen LogP contribution >= 0.6 is 0 Å². The number of allylic oxidation sites excluding steroid dienone is 2. The van der Waals surface area contributed by atoms with E-state index in [4.69, 9.17) is 4.99 Å². The fraction of sp³-hybridized carbons (Fsp3) is 0.250. The van der Waals surface area contributed by atoms with Crippen LogP contribution in [0.5, 0.6) is 0 Å². The Kier molecular flexibility index (Phi) is 3.03. The fourth-order valence-electron chi connectivity index (χ4n) is 2.45. The molecule has 2 aliphatic rings. The van der Waals surface area contributed by atoms with Gasteiger partial charge in [-0.05, 0) is 18.4 Å². The second kappa shape index (κ2) is 4.84. The number of hydrogen-bond donors (Lipinski definition) is 0. The number of benzene rings is 1. The van der Waals surface area contributed by atoms with E-state index in [0.29, 0.717) is 6.54 Å². The summed E-state index contributed by atoms with van der Waals surface area (Å²) in [4.78, 5) is 18.8. The molecule has 0 bridgehead atoms. The Morgan fingerprint density at radius 2 is 2.00 bits per heavy atom. The summed E-state index contributed by atoms with van der Waals surface area (Å²) in [5.41, 5.74) is 3.73. The number of aliphatic imine (C=N–C) groups is 1. The molecule has 1 aliphatic carbocycles. The van der Waals surface area contributed by atoms with Crippen LogP contribution in [0.2, 0.25) is 0 Å². The Hall–Kier alpha value is -2.16. The maximum absolute atomic E-state index is 12.3. The van der Waals surface area contributed by atoms with E-state index >= 15 is 0 Å². The molecule has 0 fully saturated rings. The predicted octanol–water partition coefficient (Wildman–Crippen LogP) is 2.55. The first-order valence-corrected chi connectivity index (χ1v) is 6.54. The van der Waals surface area contributed by atoms with Gasteiger partial charge in [0.2, 0.25) is 0 Å². The zero-order valence-corrected chi connectivity index (χ0v) is 11.0. The maximum Gasteiger partial charge on any atom is 0.255 e. The monoisotopic (exact) mass is 252 g/mol. The van der Waals surface area contributed by atoms with E-state index < -0.39 is 0 Å². The Bertz CT molecular complexity index is 596. The minimum Gasteiger partial charge on any atom is -0.336 e. The Labute approximate surface area is 113 Å². The number of hydrogen-bond acceptors (Lipinski definition) is 2. The maximum atomic E-state index is 12.3. The van der Waals surface area contributed by atoms with Gasteiger partial charge in [-0.15, -0.1) is 0 Å². The van der Waals surface area contributed by atoms with Crippen LogP contribution in [0.25, 0.3) is 0 Å². The van der Waals surface area contributed by atoms with E-state index in [1.165, 1.54) is 0 Å². The van der Waals surface area contributed by atoms with Gasteiger partial charge in [0.05, 0.1) is 23.5 Å². The van der Waals surface area contributed by atoms with Crippen LogP contribution in [0.1, 0.15) is 18.4 Å². The molecule has 96 valence electrons. The molecule has 1 heterocycles. The van der Waals surface area contributed by atoms with Crippen molar-refractivity contribution in [2.75, 3.05) is 13.6 Å². The zero-order valence-electron chi connectivity index (χ0n) is 11.0. The first-order valence-electron chi connectivity index (χ1n) is 6.54. The minimum atomic E-state index is 0.0700. The first kappa shape index (κ1) is 11.9. The Balaban J connectivity index is 2.08. The number of rotatable bonds is 1. The van der Waals surface area contributed by atoms with Crippen LogP contribution in [0.15, 0.2) is 58.7 Å². The van der Waals surface area contributed by atoms with Gasteiger partial charge in [0.15, 0.2) is 0 Å². The second-order valence-corrected chi connectivity index (χ2v) is 4.89. The molecule has 1 aromatic rings. The number of nitrogens with zero attached hydrogens (tertiary/aromatic N) is 2. The summed E-state index contributed by atoms with van der Waals surface area (Å²) in [5.74, 6) is 0.0700. The normalized spacial score (nSPS) is 19.1. The van der Waals surface area contributed by atoms with Crippen molar-refractivity contribution < 1.29 is 4.79 Å². The predicted molar refractivity (Wildman–Crippen MR) is 76.0 cm³/mol. The lowest BCUT2D eigenvalue weighted by molar-refractivity contribution is -0.124. The van der Waals surface area contributed by atoms with Gasteiger partial charge in [0.25, 0.3) is 5.91 Å². The molecule has 0 radical (unpaired) electrons. The molecule has 3 heteroatoms. The molecular formula is C16H16N2O.